The first-order valence-corrected chi connectivity index (χ1v) is 6.03. The van der Waals surface area contributed by atoms with Crippen molar-refractivity contribution in [3.63, 3.8) is 0 Å². The maximum absolute atomic E-state index is 11.6. The van der Waals surface area contributed by atoms with Crippen molar-refractivity contribution in [2.75, 3.05) is 26.2 Å². The number of ether oxygens (including phenoxy) is 1. The standard InChI is InChI=1S/C12H19NO4/c1-2-17-12(16)4-3-11(15)9-13-7-5-10(14)6-8-13/h2-9H2,1H3. The zero-order valence-electron chi connectivity index (χ0n) is 10.2. The van der Waals surface area contributed by atoms with Crippen LogP contribution in [-0.4, -0.2) is 48.7 Å². The molecule has 0 amide bonds. The summed E-state index contributed by atoms with van der Waals surface area (Å²) in [5.41, 5.74) is 0. The number of nitrogens with zero attached hydrogens (tertiary/aromatic N) is 1. The van der Waals surface area contributed by atoms with Gasteiger partial charge in [0.15, 0.2) is 0 Å². The first-order chi connectivity index (χ1) is 8.11. The van der Waals surface area contributed by atoms with Gasteiger partial charge in [-0.05, 0) is 6.92 Å². The van der Waals surface area contributed by atoms with Gasteiger partial charge in [-0.25, -0.2) is 0 Å². The minimum atomic E-state index is -0.324. The van der Waals surface area contributed by atoms with Crippen LogP contribution in [0.25, 0.3) is 0 Å². The number of hydrogen-bond donors (Lipinski definition) is 0. The van der Waals surface area contributed by atoms with E-state index in [9.17, 15) is 14.4 Å². The summed E-state index contributed by atoms with van der Waals surface area (Å²) in [7, 11) is 0. The molecule has 0 aromatic rings. The molecule has 0 aromatic carbocycles. The van der Waals surface area contributed by atoms with Gasteiger partial charge in [0.1, 0.15) is 11.6 Å². The Morgan fingerprint density at radius 2 is 1.88 bits per heavy atom. The van der Waals surface area contributed by atoms with Crippen LogP contribution in [0.1, 0.15) is 32.6 Å². The van der Waals surface area contributed by atoms with E-state index < -0.39 is 0 Å². The Kier molecular flexibility index (Phi) is 5.83. The summed E-state index contributed by atoms with van der Waals surface area (Å²) in [5.74, 6) is -0.0257. The molecule has 17 heavy (non-hydrogen) atoms. The molecule has 1 aliphatic heterocycles. The van der Waals surface area contributed by atoms with Gasteiger partial charge in [0.05, 0.1) is 19.6 Å². The topological polar surface area (TPSA) is 63.7 Å². The van der Waals surface area contributed by atoms with E-state index in [4.69, 9.17) is 4.74 Å². The van der Waals surface area contributed by atoms with Crippen molar-refractivity contribution in [1.82, 2.24) is 4.90 Å². The molecule has 0 unspecified atom stereocenters. The zero-order chi connectivity index (χ0) is 12.7. The van der Waals surface area contributed by atoms with Crippen molar-refractivity contribution >= 4 is 17.5 Å². The Hall–Kier alpha value is -1.23. The van der Waals surface area contributed by atoms with E-state index in [0.29, 0.717) is 39.1 Å². The van der Waals surface area contributed by atoms with Gasteiger partial charge in [-0.3, -0.25) is 19.3 Å². The number of esters is 1. The fraction of sp³-hybridized carbons (Fsp3) is 0.750. The van der Waals surface area contributed by atoms with Crippen LogP contribution in [-0.2, 0) is 19.1 Å². The van der Waals surface area contributed by atoms with Crippen LogP contribution in [0, 0.1) is 0 Å². The van der Waals surface area contributed by atoms with Crippen molar-refractivity contribution in [1.29, 1.82) is 0 Å². The molecule has 1 heterocycles. The second kappa shape index (κ2) is 7.17. The lowest BCUT2D eigenvalue weighted by Crippen LogP contribution is -2.37. The summed E-state index contributed by atoms with van der Waals surface area (Å²) in [6.07, 6.45) is 1.44. The Morgan fingerprint density at radius 3 is 2.47 bits per heavy atom. The van der Waals surface area contributed by atoms with Crippen molar-refractivity contribution in [3.05, 3.63) is 0 Å². The number of piperidine rings is 1. The van der Waals surface area contributed by atoms with Crippen molar-refractivity contribution in [2.45, 2.75) is 32.6 Å². The quantitative estimate of drug-likeness (QED) is 0.636. The SMILES string of the molecule is CCOC(=O)CCC(=O)CN1CCC(=O)CC1. The smallest absolute Gasteiger partial charge is 0.306 e. The van der Waals surface area contributed by atoms with Gasteiger partial charge in [0.2, 0.25) is 0 Å². The van der Waals surface area contributed by atoms with Gasteiger partial charge in [-0.15, -0.1) is 0 Å². The number of rotatable bonds is 6. The summed E-state index contributed by atoms with van der Waals surface area (Å²) < 4.78 is 4.75. The highest BCUT2D eigenvalue weighted by Crippen LogP contribution is 2.06. The molecule has 1 aliphatic rings. The monoisotopic (exact) mass is 241 g/mol. The average molecular weight is 241 g/mol. The minimum absolute atomic E-state index is 0.0346. The van der Waals surface area contributed by atoms with E-state index in [1.54, 1.807) is 6.92 Å². The van der Waals surface area contributed by atoms with Crippen molar-refractivity contribution < 1.29 is 19.1 Å². The Morgan fingerprint density at radius 1 is 1.24 bits per heavy atom. The van der Waals surface area contributed by atoms with Gasteiger partial charge in [0, 0.05) is 32.4 Å². The maximum Gasteiger partial charge on any atom is 0.306 e. The lowest BCUT2D eigenvalue weighted by Gasteiger charge is -2.24. The molecule has 1 rings (SSSR count). The third-order valence-corrected chi connectivity index (χ3v) is 2.73. The fourth-order valence-corrected chi connectivity index (χ4v) is 1.76. The Labute approximate surface area is 101 Å². The lowest BCUT2D eigenvalue weighted by molar-refractivity contribution is -0.144. The summed E-state index contributed by atoms with van der Waals surface area (Å²) in [4.78, 5) is 35.6. The molecule has 1 saturated heterocycles. The second-order valence-electron chi connectivity index (χ2n) is 4.16. The molecule has 0 N–H and O–H groups in total. The Bertz CT molecular complexity index is 291. The molecule has 0 aliphatic carbocycles. The first kappa shape index (κ1) is 13.8. The molecule has 0 saturated carbocycles. The van der Waals surface area contributed by atoms with E-state index >= 15 is 0 Å². The summed E-state index contributed by atoms with van der Waals surface area (Å²) in [6.45, 7) is 3.74. The molecule has 96 valence electrons. The highest BCUT2D eigenvalue weighted by atomic mass is 16.5. The van der Waals surface area contributed by atoms with Gasteiger partial charge in [-0.1, -0.05) is 0 Å². The number of likely N-dealkylation sites (tertiary alicyclic amines) is 1. The van der Waals surface area contributed by atoms with Crippen LogP contribution < -0.4 is 0 Å². The molecular weight excluding hydrogens is 222 g/mol. The molecule has 0 spiro atoms. The van der Waals surface area contributed by atoms with Crippen LogP contribution in [0.2, 0.25) is 0 Å². The molecule has 0 radical (unpaired) electrons. The first-order valence-electron chi connectivity index (χ1n) is 6.03. The third kappa shape index (κ3) is 5.58. The van der Waals surface area contributed by atoms with E-state index in [1.165, 1.54) is 0 Å². The molecule has 0 aromatic heterocycles. The molecular formula is C12H19NO4. The van der Waals surface area contributed by atoms with E-state index in [2.05, 4.69) is 0 Å². The van der Waals surface area contributed by atoms with E-state index in [1.807, 2.05) is 4.90 Å². The van der Waals surface area contributed by atoms with Gasteiger partial charge in [-0.2, -0.15) is 0 Å². The van der Waals surface area contributed by atoms with Gasteiger partial charge in [0.25, 0.3) is 0 Å². The maximum atomic E-state index is 11.6. The zero-order valence-corrected chi connectivity index (χ0v) is 10.2. The number of Topliss-reactive ketones (excluding diaryl/α,β-unsaturated/α-hetero) is 2. The highest BCUT2D eigenvalue weighted by molar-refractivity contribution is 5.85. The van der Waals surface area contributed by atoms with Crippen LogP contribution >= 0.6 is 0 Å². The summed E-state index contributed by atoms with van der Waals surface area (Å²) >= 11 is 0. The number of carbonyl (C=O) groups excluding carboxylic acids is 3. The molecule has 5 nitrogen and oxygen atoms in total. The second-order valence-corrected chi connectivity index (χ2v) is 4.16. The number of hydrogen-bond acceptors (Lipinski definition) is 5. The predicted octanol–water partition coefficient (Wildman–Crippen LogP) is 0.564. The van der Waals surface area contributed by atoms with Gasteiger partial charge >= 0.3 is 5.97 Å². The van der Waals surface area contributed by atoms with Crippen LogP contribution in [0.4, 0.5) is 0 Å². The number of ketones is 2. The highest BCUT2D eigenvalue weighted by Gasteiger charge is 2.18. The van der Waals surface area contributed by atoms with Gasteiger partial charge < -0.3 is 4.74 Å². The summed E-state index contributed by atoms with van der Waals surface area (Å²) in [5, 5.41) is 0. The lowest BCUT2D eigenvalue weighted by atomic mass is 10.1. The normalized spacial score (nSPS) is 16.9. The Balaban J connectivity index is 2.16. The average Bonchev–Trinajstić information content (AvgIpc) is 2.30. The molecule has 0 atom stereocenters. The number of carbonyl (C=O) groups is 3. The summed E-state index contributed by atoms with van der Waals surface area (Å²) in [6, 6.07) is 0. The van der Waals surface area contributed by atoms with Crippen LogP contribution in [0.5, 0.6) is 0 Å². The minimum Gasteiger partial charge on any atom is -0.466 e. The van der Waals surface area contributed by atoms with Crippen molar-refractivity contribution in [3.8, 4) is 0 Å². The van der Waals surface area contributed by atoms with E-state index in [0.717, 1.165) is 0 Å². The largest absolute Gasteiger partial charge is 0.466 e. The van der Waals surface area contributed by atoms with E-state index in [-0.39, 0.29) is 30.4 Å². The van der Waals surface area contributed by atoms with Crippen molar-refractivity contribution in [2.24, 2.45) is 0 Å². The molecule has 5 heteroatoms. The molecule has 0 bridgehead atoms. The van der Waals surface area contributed by atoms with Crippen LogP contribution in [0.15, 0.2) is 0 Å². The third-order valence-electron chi connectivity index (χ3n) is 2.73. The predicted molar refractivity (Wildman–Crippen MR) is 61.6 cm³/mol. The van der Waals surface area contributed by atoms with Crippen LogP contribution in [0.3, 0.4) is 0 Å². The molecule has 1 fully saturated rings. The fourth-order valence-electron chi connectivity index (χ4n) is 1.76.